The fourth-order valence-corrected chi connectivity index (χ4v) is 6.00. The lowest BCUT2D eigenvalue weighted by atomic mass is 10.00. The van der Waals surface area contributed by atoms with E-state index in [0.717, 1.165) is 15.1 Å². The number of aliphatic hydroxyl groups is 1. The Bertz CT molecular complexity index is 1420. The molecule has 2 aromatic heterocycles. The van der Waals surface area contributed by atoms with Crippen molar-refractivity contribution in [3.05, 3.63) is 80.5 Å². The minimum Gasteiger partial charge on any atom is -0.507 e. The molecule has 9 heteroatoms. The number of amides is 1. The zero-order valence-corrected chi connectivity index (χ0v) is 20.6. The van der Waals surface area contributed by atoms with E-state index in [-0.39, 0.29) is 11.3 Å². The maximum absolute atomic E-state index is 13.3. The van der Waals surface area contributed by atoms with Gasteiger partial charge in [0.2, 0.25) is 0 Å². The summed E-state index contributed by atoms with van der Waals surface area (Å²) >= 11 is 8.98. The molecule has 0 radical (unpaired) electrons. The maximum atomic E-state index is 13.3. The third-order valence-electron chi connectivity index (χ3n) is 5.54. The summed E-state index contributed by atoms with van der Waals surface area (Å²) in [6.45, 7) is 4.22. The van der Waals surface area contributed by atoms with E-state index in [1.165, 1.54) is 27.6 Å². The van der Waals surface area contributed by atoms with Crippen LogP contribution in [-0.4, -0.2) is 28.4 Å². The van der Waals surface area contributed by atoms with Crippen molar-refractivity contribution in [1.82, 2.24) is 4.98 Å². The second-order valence-electron chi connectivity index (χ2n) is 7.71. The number of carbonyl (C=O) groups is 2. The summed E-state index contributed by atoms with van der Waals surface area (Å²) < 4.78 is 6.39. The van der Waals surface area contributed by atoms with E-state index in [9.17, 15) is 14.7 Å². The third kappa shape index (κ3) is 3.77. The monoisotopic (exact) mass is 510 g/mol. The van der Waals surface area contributed by atoms with E-state index < -0.39 is 17.7 Å². The van der Waals surface area contributed by atoms with E-state index in [1.807, 2.05) is 37.4 Å². The average molecular weight is 511 g/mol. The molecule has 6 nitrogen and oxygen atoms in total. The van der Waals surface area contributed by atoms with E-state index in [2.05, 4.69) is 4.98 Å². The van der Waals surface area contributed by atoms with Gasteiger partial charge in [0.25, 0.3) is 5.78 Å². The van der Waals surface area contributed by atoms with Gasteiger partial charge in [-0.15, -0.1) is 11.3 Å². The van der Waals surface area contributed by atoms with Crippen LogP contribution in [0.4, 0.5) is 5.13 Å². The first-order chi connectivity index (χ1) is 16.4. The molecular weight excluding hydrogens is 492 g/mol. The number of thiophene rings is 1. The second kappa shape index (κ2) is 8.87. The van der Waals surface area contributed by atoms with Gasteiger partial charge < -0.3 is 9.84 Å². The Kier molecular flexibility index (Phi) is 5.89. The number of ketones is 1. The van der Waals surface area contributed by atoms with Gasteiger partial charge in [0.15, 0.2) is 5.13 Å². The Hall–Kier alpha value is -3.20. The van der Waals surface area contributed by atoms with E-state index in [4.69, 9.17) is 16.3 Å². The lowest BCUT2D eigenvalue weighted by Gasteiger charge is -2.21. The first-order valence-electron chi connectivity index (χ1n) is 10.5. The number of halogens is 1. The molecule has 1 aliphatic heterocycles. The minimum atomic E-state index is -0.798. The molecule has 0 saturated carbocycles. The SMILES string of the molecule is CCOc1cccc(/C(O)=C2\C(=O)C(=O)N(c3nc4cc(Cl)c(C)cc4s3)C2c2cccs2)c1. The van der Waals surface area contributed by atoms with Crippen LogP contribution in [0.25, 0.3) is 16.0 Å². The Labute approximate surface area is 208 Å². The third-order valence-corrected chi connectivity index (χ3v) is 7.89. The molecule has 1 fully saturated rings. The van der Waals surface area contributed by atoms with Gasteiger partial charge in [-0.05, 0) is 55.1 Å². The Morgan fingerprint density at radius 2 is 2.03 bits per heavy atom. The van der Waals surface area contributed by atoms with Crippen molar-refractivity contribution < 1.29 is 19.4 Å². The second-order valence-corrected chi connectivity index (χ2v) is 10.1. The first-order valence-corrected chi connectivity index (χ1v) is 12.6. The lowest BCUT2D eigenvalue weighted by Crippen LogP contribution is -2.28. The summed E-state index contributed by atoms with van der Waals surface area (Å²) in [4.78, 5) is 33.3. The molecule has 1 N–H and O–H groups in total. The summed E-state index contributed by atoms with van der Waals surface area (Å²) in [7, 11) is 0. The van der Waals surface area contributed by atoms with Crippen molar-refractivity contribution in [1.29, 1.82) is 0 Å². The predicted molar refractivity (Wildman–Crippen MR) is 136 cm³/mol. The lowest BCUT2D eigenvalue weighted by molar-refractivity contribution is -0.132. The number of Topliss-reactive ketones (excluding diaryl/α,β-unsaturated/α-hetero) is 1. The van der Waals surface area contributed by atoms with E-state index in [1.54, 1.807) is 30.3 Å². The highest BCUT2D eigenvalue weighted by molar-refractivity contribution is 7.22. The number of nitrogens with zero attached hydrogens (tertiary/aromatic N) is 2. The number of fused-ring (bicyclic) bond motifs is 1. The van der Waals surface area contributed by atoms with Crippen LogP contribution < -0.4 is 9.64 Å². The van der Waals surface area contributed by atoms with Crippen LogP contribution in [-0.2, 0) is 9.59 Å². The molecule has 2 aromatic carbocycles. The number of aliphatic hydroxyl groups excluding tert-OH is 1. The summed E-state index contributed by atoms with van der Waals surface area (Å²) in [5, 5.41) is 14.1. The van der Waals surface area contributed by atoms with Crippen LogP contribution >= 0.6 is 34.3 Å². The van der Waals surface area contributed by atoms with Crippen LogP contribution in [0.5, 0.6) is 5.75 Å². The van der Waals surface area contributed by atoms with Crippen LogP contribution in [0.1, 0.15) is 29.0 Å². The van der Waals surface area contributed by atoms with Crippen molar-refractivity contribution in [2.24, 2.45) is 0 Å². The van der Waals surface area contributed by atoms with Gasteiger partial charge in [-0.3, -0.25) is 14.5 Å². The number of rotatable bonds is 5. The van der Waals surface area contributed by atoms with E-state index in [0.29, 0.717) is 33.6 Å². The molecule has 1 aliphatic rings. The summed E-state index contributed by atoms with van der Waals surface area (Å²) in [5.41, 5.74) is 1.97. The van der Waals surface area contributed by atoms with Crippen molar-refractivity contribution in [3.63, 3.8) is 0 Å². The molecule has 1 unspecified atom stereocenters. The van der Waals surface area contributed by atoms with Gasteiger partial charge in [-0.2, -0.15) is 0 Å². The van der Waals surface area contributed by atoms with Gasteiger partial charge >= 0.3 is 5.91 Å². The largest absolute Gasteiger partial charge is 0.507 e. The first kappa shape index (κ1) is 22.6. The van der Waals surface area contributed by atoms with Crippen molar-refractivity contribution in [2.45, 2.75) is 19.9 Å². The Morgan fingerprint density at radius 3 is 2.76 bits per heavy atom. The normalized spacial score (nSPS) is 17.6. The number of hydrogen-bond acceptors (Lipinski definition) is 7. The minimum absolute atomic E-state index is 0.0227. The van der Waals surface area contributed by atoms with Crippen LogP contribution in [0.15, 0.2) is 59.5 Å². The predicted octanol–water partition coefficient (Wildman–Crippen LogP) is 6.34. The van der Waals surface area contributed by atoms with Crippen LogP contribution in [0.2, 0.25) is 5.02 Å². The van der Waals surface area contributed by atoms with Crippen LogP contribution in [0.3, 0.4) is 0 Å². The van der Waals surface area contributed by atoms with Gasteiger partial charge in [0.1, 0.15) is 17.6 Å². The molecule has 5 rings (SSSR count). The van der Waals surface area contributed by atoms with Gasteiger partial charge in [0, 0.05) is 15.5 Å². The van der Waals surface area contributed by atoms with Gasteiger partial charge in [-0.25, -0.2) is 4.98 Å². The number of benzene rings is 2. The molecule has 0 bridgehead atoms. The molecule has 3 heterocycles. The molecule has 1 atom stereocenters. The number of thiazole rings is 1. The maximum Gasteiger partial charge on any atom is 0.301 e. The number of hydrogen-bond donors (Lipinski definition) is 1. The highest BCUT2D eigenvalue weighted by atomic mass is 35.5. The molecule has 34 heavy (non-hydrogen) atoms. The zero-order valence-electron chi connectivity index (χ0n) is 18.2. The average Bonchev–Trinajstić information content (AvgIpc) is 3.53. The topological polar surface area (TPSA) is 79.7 Å². The highest BCUT2D eigenvalue weighted by Crippen LogP contribution is 2.46. The fraction of sp³-hybridized carbons (Fsp3) is 0.160. The number of carbonyl (C=O) groups excluding carboxylic acids is 2. The highest BCUT2D eigenvalue weighted by Gasteiger charge is 2.48. The standard InChI is InChI=1S/C25H19ClN2O4S2/c1-3-32-15-7-4-6-14(11-15)22(29)20-21(18-8-5-9-33-18)28(24(31)23(20)30)25-27-17-12-16(26)13(2)10-19(17)34-25/h4-12,21,29H,3H2,1-2H3/b22-20+. The quantitative estimate of drug-likeness (QED) is 0.192. The fourth-order valence-electron chi connectivity index (χ4n) is 3.94. The molecule has 1 amide bonds. The number of aromatic nitrogens is 1. The Balaban J connectivity index is 1.68. The molecule has 1 saturated heterocycles. The van der Waals surface area contributed by atoms with Crippen LogP contribution in [0, 0.1) is 6.92 Å². The molecule has 4 aromatic rings. The van der Waals surface area contributed by atoms with Crippen molar-refractivity contribution in [3.8, 4) is 5.75 Å². The van der Waals surface area contributed by atoms with Crippen molar-refractivity contribution >= 4 is 67.1 Å². The molecule has 0 aliphatic carbocycles. The number of aryl methyl sites for hydroxylation is 1. The number of anilines is 1. The van der Waals surface area contributed by atoms with Gasteiger partial charge in [0.05, 0.1) is 22.4 Å². The van der Waals surface area contributed by atoms with Gasteiger partial charge in [-0.1, -0.05) is 41.1 Å². The molecular formula is C25H19ClN2O4S2. The smallest absolute Gasteiger partial charge is 0.301 e. The van der Waals surface area contributed by atoms with E-state index >= 15 is 0 Å². The molecule has 172 valence electrons. The molecule has 0 spiro atoms. The zero-order chi connectivity index (χ0) is 24.0. The summed E-state index contributed by atoms with van der Waals surface area (Å²) in [5.74, 6) is -1.18. The number of ether oxygens (including phenoxy) is 1. The Morgan fingerprint density at radius 1 is 1.21 bits per heavy atom. The summed E-state index contributed by atoms with van der Waals surface area (Å²) in [6, 6.07) is 13.4. The summed E-state index contributed by atoms with van der Waals surface area (Å²) in [6.07, 6.45) is 0. The van der Waals surface area contributed by atoms with Crippen molar-refractivity contribution in [2.75, 3.05) is 11.5 Å².